The molecule has 8 nitrogen and oxygen atoms in total. The van der Waals surface area contributed by atoms with E-state index < -0.39 is 16.1 Å². The highest BCUT2D eigenvalue weighted by Gasteiger charge is 2.38. The molecule has 42 heavy (non-hydrogen) atoms. The van der Waals surface area contributed by atoms with Gasteiger partial charge in [0.25, 0.3) is 0 Å². The number of hydrogen-bond donors (Lipinski definition) is 2. The summed E-state index contributed by atoms with van der Waals surface area (Å²) in [5, 5.41) is 6.43. The fraction of sp³-hybridized carbons (Fsp3) is 0.375. The van der Waals surface area contributed by atoms with E-state index in [1.54, 1.807) is 17.0 Å². The molecule has 1 saturated carbocycles. The van der Waals surface area contributed by atoms with Crippen LogP contribution in [-0.4, -0.2) is 80.5 Å². The molecule has 0 bridgehead atoms. The maximum absolute atomic E-state index is 13.5. The Labute approximate surface area is 247 Å². The molecule has 0 aromatic heterocycles. The van der Waals surface area contributed by atoms with Gasteiger partial charge in [-0.1, -0.05) is 66.7 Å². The summed E-state index contributed by atoms with van der Waals surface area (Å²) < 4.78 is 38.5. The molecule has 2 fully saturated rings. The first-order chi connectivity index (χ1) is 20.2. The van der Waals surface area contributed by atoms with Gasteiger partial charge < -0.3 is 15.5 Å². The van der Waals surface area contributed by atoms with Gasteiger partial charge in [-0.15, -0.1) is 0 Å². The van der Waals surface area contributed by atoms with Crippen LogP contribution in [0.2, 0.25) is 0 Å². The lowest BCUT2D eigenvalue weighted by molar-refractivity contribution is -0.137. The van der Waals surface area contributed by atoms with Crippen LogP contribution < -0.4 is 10.6 Å². The monoisotopic (exact) mass is 592 g/mol. The van der Waals surface area contributed by atoms with Crippen LogP contribution in [-0.2, 0) is 26.0 Å². The maximum atomic E-state index is 13.5. The Morgan fingerprint density at radius 1 is 0.905 bits per heavy atom. The number of piperazine rings is 1. The van der Waals surface area contributed by atoms with E-state index in [1.807, 2.05) is 54.6 Å². The summed E-state index contributed by atoms with van der Waals surface area (Å²) in [7, 11) is -3.32. The van der Waals surface area contributed by atoms with Gasteiger partial charge in [0, 0.05) is 38.1 Å². The molecule has 10 heteroatoms. The second kappa shape index (κ2) is 13.1. The number of carbonyl (C=O) groups excluding carboxylic acids is 2. The lowest BCUT2D eigenvalue weighted by Crippen LogP contribution is -2.56. The van der Waals surface area contributed by atoms with Gasteiger partial charge in [-0.05, 0) is 53.8 Å². The van der Waals surface area contributed by atoms with E-state index in [-0.39, 0.29) is 56.3 Å². The molecule has 1 heterocycles. The third-order valence-electron chi connectivity index (χ3n) is 8.01. The van der Waals surface area contributed by atoms with Crippen LogP contribution in [0, 0.1) is 5.82 Å². The largest absolute Gasteiger partial charge is 0.344 e. The Bertz CT molecular complexity index is 1480. The lowest BCUT2D eigenvalue weighted by atomic mass is 10.0. The number of hydrogen-bond acceptors (Lipinski definition) is 5. The molecule has 0 spiro atoms. The molecule has 1 saturated heterocycles. The average Bonchev–Trinajstić information content (AvgIpc) is 3.76. The molecule has 3 aromatic rings. The highest BCUT2D eigenvalue weighted by molar-refractivity contribution is 7.88. The summed E-state index contributed by atoms with van der Waals surface area (Å²) >= 11 is 0. The summed E-state index contributed by atoms with van der Waals surface area (Å²) in [5.41, 5.74) is 4.08. The summed E-state index contributed by atoms with van der Waals surface area (Å²) in [6, 6.07) is 23.9. The number of nitrogens with one attached hydrogen (secondary N) is 2. The van der Waals surface area contributed by atoms with Gasteiger partial charge in [0.1, 0.15) is 11.9 Å². The first-order valence-corrected chi connectivity index (χ1v) is 16.2. The van der Waals surface area contributed by atoms with Crippen molar-refractivity contribution in [2.45, 2.75) is 37.3 Å². The zero-order valence-electron chi connectivity index (χ0n) is 23.7. The third-order valence-corrected chi connectivity index (χ3v) is 9.31. The molecular weight excluding hydrogens is 555 g/mol. The zero-order valence-corrected chi connectivity index (χ0v) is 24.5. The van der Waals surface area contributed by atoms with Gasteiger partial charge in [-0.3, -0.25) is 9.59 Å². The first kappa shape index (κ1) is 29.9. The van der Waals surface area contributed by atoms with E-state index in [2.05, 4.69) is 10.6 Å². The topological polar surface area (TPSA) is 98.8 Å². The van der Waals surface area contributed by atoms with Crippen molar-refractivity contribution >= 4 is 21.8 Å². The minimum atomic E-state index is -3.32. The molecule has 2 N–H and O–H groups in total. The average molecular weight is 593 g/mol. The van der Waals surface area contributed by atoms with Crippen LogP contribution in [0.5, 0.6) is 0 Å². The molecule has 0 unspecified atom stereocenters. The second-order valence-electron chi connectivity index (χ2n) is 11.1. The van der Waals surface area contributed by atoms with Gasteiger partial charge in [0.2, 0.25) is 21.8 Å². The molecule has 3 aromatic carbocycles. The van der Waals surface area contributed by atoms with Crippen molar-refractivity contribution in [3.63, 3.8) is 0 Å². The third kappa shape index (κ3) is 7.81. The van der Waals surface area contributed by atoms with Crippen molar-refractivity contribution in [1.82, 2.24) is 19.8 Å². The molecule has 1 aliphatic carbocycles. The molecule has 222 valence electrons. The standard InChI is InChI=1S/C32H37FN4O4S/c1-42(40,41)37-19-17-36(18-20-37)32(39)29(15-16-34-30-22-28(30)26-11-13-27(33)14-12-26)35-31(38)21-23-7-9-25(10-8-23)24-5-3-2-4-6-24/h2-14,28-30,34H,15-22H2,1H3,(H,35,38)/t28-,29-,30+/m0/s1. The van der Waals surface area contributed by atoms with Crippen LogP contribution in [0.3, 0.4) is 0 Å². The van der Waals surface area contributed by atoms with Gasteiger partial charge in [0.05, 0.1) is 12.7 Å². The van der Waals surface area contributed by atoms with E-state index in [0.717, 1.165) is 28.7 Å². The molecule has 0 radical (unpaired) electrons. The van der Waals surface area contributed by atoms with E-state index in [1.165, 1.54) is 22.7 Å². The van der Waals surface area contributed by atoms with Crippen molar-refractivity contribution < 1.29 is 22.4 Å². The van der Waals surface area contributed by atoms with Crippen molar-refractivity contribution in [3.05, 3.63) is 95.8 Å². The fourth-order valence-corrected chi connectivity index (χ4v) is 6.33. The van der Waals surface area contributed by atoms with Crippen LogP contribution in [0.4, 0.5) is 4.39 Å². The number of carbonyl (C=O) groups is 2. The van der Waals surface area contributed by atoms with Gasteiger partial charge >= 0.3 is 0 Å². The maximum Gasteiger partial charge on any atom is 0.245 e. The minimum Gasteiger partial charge on any atom is -0.344 e. The minimum absolute atomic E-state index is 0.142. The Hall–Kier alpha value is -3.60. The molecule has 1 aliphatic heterocycles. The van der Waals surface area contributed by atoms with Crippen LogP contribution >= 0.6 is 0 Å². The Kier molecular flexibility index (Phi) is 9.35. The van der Waals surface area contributed by atoms with Gasteiger partial charge in [-0.25, -0.2) is 12.8 Å². The van der Waals surface area contributed by atoms with E-state index in [0.29, 0.717) is 18.9 Å². The molecule has 5 rings (SSSR count). The summed E-state index contributed by atoms with van der Waals surface area (Å²) in [5.74, 6) is -0.405. The molecule has 2 aliphatic rings. The summed E-state index contributed by atoms with van der Waals surface area (Å²) in [6.07, 6.45) is 2.64. The first-order valence-electron chi connectivity index (χ1n) is 14.3. The fourth-order valence-electron chi connectivity index (χ4n) is 5.51. The molecule has 3 atom stereocenters. The lowest BCUT2D eigenvalue weighted by Gasteiger charge is -2.35. The zero-order chi connectivity index (χ0) is 29.7. The van der Waals surface area contributed by atoms with Gasteiger partial charge in [0.15, 0.2) is 0 Å². The van der Waals surface area contributed by atoms with Crippen LogP contribution in [0.1, 0.15) is 29.9 Å². The Morgan fingerprint density at radius 3 is 2.19 bits per heavy atom. The predicted molar refractivity (Wildman–Crippen MR) is 161 cm³/mol. The summed E-state index contributed by atoms with van der Waals surface area (Å²) in [4.78, 5) is 28.3. The number of sulfonamides is 1. The van der Waals surface area contributed by atoms with Crippen LogP contribution in [0.25, 0.3) is 11.1 Å². The summed E-state index contributed by atoms with van der Waals surface area (Å²) in [6.45, 7) is 1.55. The number of amides is 2. The SMILES string of the molecule is CS(=O)(=O)N1CCN(C(=O)[C@H](CCN[C@@H]2C[C@H]2c2ccc(F)cc2)NC(=O)Cc2ccc(-c3ccccc3)cc2)CC1. The molecular formula is C32H37FN4O4S. The Balaban J connectivity index is 1.19. The van der Waals surface area contributed by atoms with Crippen LogP contribution in [0.15, 0.2) is 78.9 Å². The van der Waals surface area contributed by atoms with Crippen molar-refractivity contribution in [3.8, 4) is 11.1 Å². The van der Waals surface area contributed by atoms with Crippen molar-refractivity contribution in [1.29, 1.82) is 0 Å². The molecule has 2 amide bonds. The Morgan fingerprint density at radius 2 is 1.55 bits per heavy atom. The normalized spacial score (nSPS) is 19.7. The van der Waals surface area contributed by atoms with E-state index >= 15 is 0 Å². The number of nitrogens with zero attached hydrogens (tertiary/aromatic N) is 2. The number of benzene rings is 3. The van der Waals surface area contributed by atoms with Crippen molar-refractivity contribution in [2.24, 2.45) is 0 Å². The smallest absolute Gasteiger partial charge is 0.245 e. The predicted octanol–water partition coefficient (Wildman–Crippen LogP) is 3.16. The van der Waals surface area contributed by atoms with E-state index in [9.17, 15) is 22.4 Å². The highest BCUT2D eigenvalue weighted by atomic mass is 32.2. The number of halogens is 1. The van der Waals surface area contributed by atoms with E-state index in [4.69, 9.17) is 0 Å². The quantitative estimate of drug-likeness (QED) is 0.357. The number of rotatable bonds is 11. The second-order valence-corrected chi connectivity index (χ2v) is 13.1. The highest BCUT2D eigenvalue weighted by Crippen LogP contribution is 2.40. The van der Waals surface area contributed by atoms with Gasteiger partial charge in [-0.2, -0.15) is 4.31 Å². The van der Waals surface area contributed by atoms with Crippen molar-refractivity contribution in [2.75, 3.05) is 39.0 Å².